The molecule has 0 fully saturated rings. The van der Waals surface area contributed by atoms with E-state index in [0.29, 0.717) is 5.56 Å². The maximum Gasteiger partial charge on any atom is 0.354 e. The highest BCUT2D eigenvalue weighted by atomic mass is 79.9. The number of carbonyl (C=O) groups excluding carboxylic acids is 2. The minimum absolute atomic E-state index is 0.100. The predicted octanol–water partition coefficient (Wildman–Crippen LogP) is 3.78. The summed E-state index contributed by atoms with van der Waals surface area (Å²) in [4.78, 5) is 24.3. The second-order valence-electron chi connectivity index (χ2n) is 4.65. The first-order chi connectivity index (χ1) is 11.1. The minimum atomic E-state index is -0.570. The number of benzene rings is 2. The first-order valence-corrected chi connectivity index (χ1v) is 7.90. The molecule has 1 amide bonds. The Morgan fingerprint density at radius 2 is 1.74 bits per heavy atom. The summed E-state index contributed by atoms with van der Waals surface area (Å²) in [5.74, 6) is -0.929. The number of carbonyl (C=O) groups is 2. The van der Waals surface area contributed by atoms with Crippen LogP contribution in [0.1, 0.15) is 22.8 Å². The Labute approximate surface area is 143 Å². The molecule has 2 aromatic carbocycles. The SMILES string of the molecule is CCOC(=O)/C(=C\c1ccc(Br)cc1)NC(=O)c1ccccc1. The van der Waals surface area contributed by atoms with Crippen LogP contribution in [0.25, 0.3) is 6.08 Å². The van der Waals surface area contributed by atoms with Crippen LogP contribution in [0.4, 0.5) is 0 Å². The summed E-state index contributed by atoms with van der Waals surface area (Å²) < 4.78 is 5.94. The highest BCUT2D eigenvalue weighted by Crippen LogP contribution is 2.13. The molecule has 23 heavy (non-hydrogen) atoms. The Balaban J connectivity index is 2.25. The fourth-order valence-corrected chi connectivity index (χ4v) is 2.13. The van der Waals surface area contributed by atoms with Crippen molar-refractivity contribution < 1.29 is 14.3 Å². The second-order valence-corrected chi connectivity index (χ2v) is 5.57. The summed E-state index contributed by atoms with van der Waals surface area (Å²) in [6, 6.07) is 16.1. The van der Waals surface area contributed by atoms with E-state index >= 15 is 0 Å². The lowest BCUT2D eigenvalue weighted by Gasteiger charge is -2.09. The maximum absolute atomic E-state index is 12.2. The van der Waals surface area contributed by atoms with Crippen molar-refractivity contribution in [2.75, 3.05) is 6.61 Å². The van der Waals surface area contributed by atoms with E-state index in [2.05, 4.69) is 21.2 Å². The van der Waals surface area contributed by atoms with Crippen LogP contribution in [-0.4, -0.2) is 18.5 Å². The highest BCUT2D eigenvalue weighted by Gasteiger charge is 2.15. The average molecular weight is 374 g/mol. The Morgan fingerprint density at radius 3 is 2.35 bits per heavy atom. The Bertz CT molecular complexity index is 709. The van der Waals surface area contributed by atoms with Gasteiger partial charge in [0.2, 0.25) is 0 Å². The van der Waals surface area contributed by atoms with E-state index in [1.165, 1.54) is 0 Å². The molecule has 2 aromatic rings. The fourth-order valence-electron chi connectivity index (χ4n) is 1.86. The van der Waals surface area contributed by atoms with Gasteiger partial charge in [-0.05, 0) is 42.8 Å². The van der Waals surface area contributed by atoms with Crippen molar-refractivity contribution in [1.82, 2.24) is 5.32 Å². The van der Waals surface area contributed by atoms with Gasteiger partial charge >= 0.3 is 5.97 Å². The van der Waals surface area contributed by atoms with Crippen LogP contribution in [0.15, 0.2) is 64.8 Å². The molecule has 0 saturated heterocycles. The lowest BCUT2D eigenvalue weighted by atomic mass is 10.1. The van der Waals surface area contributed by atoms with Crippen LogP contribution in [-0.2, 0) is 9.53 Å². The molecule has 0 aliphatic rings. The lowest BCUT2D eigenvalue weighted by molar-refractivity contribution is -0.138. The normalized spacial score (nSPS) is 11.0. The van der Waals surface area contributed by atoms with Gasteiger partial charge in [-0.2, -0.15) is 0 Å². The van der Waals surface area contributed by atoms with Gasteiger partial charge in [-0.15, -0.1) is 0 Å². The predicted molar refractivity (Wildman–Crippen MR) is 92.7 cm³/mol. The zero-order chi connectivity index (χ0) is 16.7. The van der Waals surface area contributed by atoms with Crippen LogP contribution in [0.3, 0.4) is 0 Å². The Hall–Kier alpha value is -2.40. The van der Waals surface area contributed by atoms with Crippen molar-refractivity contribution in [3.05, 3.63) is 75.9 Å². The van der Waals surface area contributed by atoms with Gasteiger partial charge in [0, 0.05) is 10.0 Å². The molecule has 0 unspecified atom stereocenters. The summed E-state index contributed by atoms with van der Waals surface area (Å²) in [5.41, 5.74) is 1.35. The number of hydrogen-bond donors (Lipinski definition) is 1. The molecule has 0 spiro atoms. The number of amides is 1. The number of hydrogen-bond acceptors (Lipinski definition) is 3. The molecule has 2 rings (SSSR count). The molecule has 0 atom stereocenters. The number of rotatable bonds is 5. The number of halogens is 1. The van der Waals surface area contributed by atoms with E-state index in [0.717, 1.165) is 10.0 Å². The van der Waals surface area contributed by atoms with Crippen LogP contribution in [0.5, 0.6) is 0 Å². The molecule has 0 aliphatic carbocycles. The van der Waals surface area contributed by atoms with Crippen LogP contribution < -0.4 is 5.32 Å². The molecule has 0 radical (unpaired) electrons. The summed E-state index contributed by atoms with van der Waals surface area (Å²) in [6.45, 7) is 1.95. The van der Waals surface area contributed by atoms with E-state index in [-0.39, 0.29) is 18.2 Å². The zero-order valence-electron chi connectivity index (χ0n) is 12.6. The van der Waals surface area contributed by atoms with Gasteiger partial charge in [0.05, 0.1) is 6.61 Å². The molecule has 0 aromatic heterocycles. The quantitative estimate of drug-likeness (QED) is 0.640. The van der Waals surface area contributed by atoms with Crippen molar-refractivity contribution in [1.29, 1.82) is 0 Å². The number of ether oxygens (including phenoxy) is 1. The van der Waals surface area contributed by atoms with Crippen molar-refractivity contribution in [2.45, 2.75) is 6.92 Å². The van der Waals surface area contributed by atoms with Crippen molar-refractivity contribution >= 4 is 33.9 Å². The molecule has 1 N–H and O–H groups in total. The monoisotopic (exact) mass is 373 g/mol. The van der Waals surface area contributed by atoms with Crippen LogP contribution in [0, 0.1) is 0 Å². The Kier molecular flexibility index (Phi) is 6.11. The molecular weight excluding hydrogens is 358 g/mol. The van der Waals surface area contributed by atoms with Gasteiger partial charge in [-0.25, -0.2) is 4.79 Å². The van der Waals surface area contributed by atoms with Gasteiger partial charge in [0.15, 0.2) is 0 Å². The van der Waals surface area contributed by atoms with Crippen LogP contribution in [0.2, 0.25) is 0 Å². The standard InChI is InChI=1S/C18H16BrNO3/c1-2-23-18(22)16(12-13-8-10-15(19)11-9-13)20-17(21)14-6-4-3-5-7-14/h3-12H,2H2,1H3,(H,20,21)/b16-12+. The van der Waals surface area contributed by atoms with Crippen molar-refractivity contribution in [2.24, 2.45) is 0 Å². The molecule has 0 heterocycles. The summed E-state index contributed by atoms with van der Waals surface area (Å²) in [6.07, 6.45) is 1.59. The third-order valence-electron chi connectivity index (χ3n) is 2.96. The van der Waals surface area contributed by atoms with Gasteiger partial charge in [-0.3, -0.25) is 4.79 Å². The van der Waals surface area contributed by atoms with Crippen molar-refractivity contribution in [3.63, 3.8) is 0 Å². The summed E-state index contributed by atoms with van der Waals surface area (Å²) in [7, 11) is 0. The fraction of sp³-hybridized carbons (Fsp3) is 0.111. The van der Waals surface area contributed by atoms with E-state index in [4.69, 9.17) is 4.74 Å². The third kappa shape index (κ3) is 5.07. The number of esters is 1. The third-order valence-corrected chi connectivity index (χ3v) is 3.49. The van der Waals surface area contributed by atoms with Gasteiger partial charge in [0.1, 0.15) is 5.70 Å². The first kappa shape index (κ1) is 17.0. The smallest absolute Gasteiger partial charge is 0.354 e. The zero-order valence-corrected chi connectivity index (χ0v) is 14.2. The summed E-state index contributed by atoms with van der Waals surface area (Å²) >= 11 is 3.35. The van der Waals surface area contributed by atoms with E-state index in [1.807, 2.05) is 30.3 Å². The molecule has 0 saturated carbocycles. The van der Waals surface area contributed by atoms with Crippen molar-refractivity contribution in [3.8, 4) is 0 Å². The Morgan fingerprint density at radius 1 is 1.09 bits per heavy atom. The topological polar surface area (TPSA) is 55.4 Å². The molecular formula is C18H16BrNO3. The average Bonchev–Trinajstić information content (AvgIpc) is 2.57. The largest absolute Gasteiger partial charge is 0.461 e. The molecule has 0 aliphatic heterocycles. The van der Waals surface area contributed by atoms with E-state index < -0.39 is 5.97 Å². The second kappa shape index (κ2) is 8.29. The van der Waals surface area contributed by atoms with Crippen LogP contribution >= 0.6 is 15.9 Å². The maximum atomic E-state index is 12.2. The molecule has 4 nitrogen and oxygen atoms in total. The first-order valence-electron chi connectivity index (χ1n) is 7.11. The molecule has 0 bridgehead atoms. The summed E-state index contributed by atoms with van der Waals surface area (Å²) in [5, 5.41) is 2.62. The molecule has 118 valence electrons. The lowest BCUT2D eigenvalue weighted by Crippen LogP contribution is -2.28. The number of nitrogens with one attached hydrogen (secondary N) is 1. The molecule has 5 heteroatoms. The van der Waals surface area contributed by atoms with Gasteiger partial charge in [-0.1, -0.05) is 46.3 Å². The highest BCUT2D eigenvalue weighted by molar-refractivity contribution is 9.10. The van der Waals surface area contributed by atoms with E-state index in [9.17, 15) is 9.59 Å². The minimum Gasteiger partial charge on any atom is -0.461 e. The van der Waals surface area contributed by atoms with E-state index in [1.54, 1.807) is 37.3 Å². The van der Waals surface area contributed by atoms with Gasteiger partial charge < -0.3 is 10.1 Å². The van der Waals surface area contributed by atoms with Gasteiger partial charge in [0.25, 0.3) is 5.91 Å².